The number of tetrazole rings is 1. The highest BCUT2D eigenvalue weighted by Crippen LogP contribution is 2.22. The van der Waals surface area contributed by atoms with Crippen LogP contribution in [0.1, 0.15) is 10.6 Å². The van der Waals surface area contributed by atoms with Crippen LogP contribution in [-0.4, -0.2) is 36.9 Å². The molecule has 24 heavy (non-hydrogen) atoms. The van der Waals surface area contributed by atoms with E-state index in [1.807, 2.05) is 13.8 Å². The van der Waals surface area contributed by atoms with Crippen LogP contribution < -0.4 is 5.32 Å². The largest absolute Gasteiger partial charge is 0.301 e. The van der Waals surface area contributed by atoms with Crippen LogP contribution in [0.3, 0.4) is 0 Å². The lowest BCUT2D eigenvalue weighted by atomic mass is 10.3. The zero-order valence-electron chi connectivity index (χ0n) is 12.9. The first kappa shape index (κ1) is 16.5. The molecule has 124 valence electrons. The Morgan fingerprint density at radius 3 is 2.96 bits per heavy atom. The van der Waals surface area contributed by atoms with Crippen molar-refractivity contribution in [1.82, 2.24) is 25.2 Å². The van der Waals surface area contributed by atoms with E-state index in [4.69, 9.17) is 0 Å². The molecule has 2 heterocycles. The Hall–Kier alpha value is -2.33. The highest BCUT2D eigenvalue weighted by Gasteiger charge is 2.13. The van der Waals surface area contributed by atoms with Crippen LogP contribution in [0.25, 0.3) is 5.69 Å². The van der Waals surface area contributed by atoms with E-state index in [2.05, 4.69) is 25.8 Å². The summed E-state index contributed by atoms with van der Waals surface area (Å²) in [5.74, 6) is -0.471. The molecule has 0 unspecified atom stereocenters. The van der Waals surface area contributed by atoms with Crippen LogP contribution >= 0.6 is 23.1 Å². The van der Waals surface area contributed by atoms with Crippen LogP contribution in [0.4, 0.5) is 9.52 Å². The molecule has 3 rings (SSSR count). The predicted molar refractivity (Wildman–Crippen MR) is 90.1 cm³/mol. The second kappa shape index (κ2) is 7.05. The first-order chi connectivity index (χ1) is 11.5. The smallest absolute Gasteiger partial charge is 0.236 e. The maximum atomic E-state index is 13.3. The molecule has 0 aliphatic rings. The van der Waals surface area contributed by atoms with Crippen LogP contribution in [0.5, 0.6) is 0 Å². The Morgan fingerprint density at radius 2 is 2.25 bits per heavy atom. The summed E-state index contributed by atoms with van der Waals surface area (Å²) in [6.07, 6.45) is 0. The lowest BCUT2D eigenvalue weighted by Gasteiger charge is -2.04. The van der Waals surface area contributed by atoms with Crippen molar-refractivity contribution in [2.24, 2.45) is 0 Å². The van der Waals surface area contributed by atoms with Gasteiger partial charge in [0.2, 0.25) is 11.1 Å². The molecular formula is C14H13FN6OS2. The lowest BCUT2D eigenvalue weighted by Crippen LogP contribution is -2.14. The number of nitrogens with one attached hydrogen (secondary N) is 1. The van der Waals surface area contributed by atoms with Gasteiger partial charge in [-0.15, -0.1) is 16.4 Å². The normalized spacial score (nSPS) is 10.8. The lowest BCUT2D eigenvalue weighted by molar-refractivity contribution is -0.113. The van der Waals surface area contributed by atoms with Gasteiger partial charge in [-0.3, -0.25) is 4.79 Å². The number of amides is 1. The van der Waals surface area contributed by atoms with Crippen molar-refractivity contribution in [2.75, 3.05) is 11.1 Å². The maximum absolute atomic E-state index is 13.3. The van der Waals surface area contributed by atoms with Gasteiger partial charge in [-0.05, 0) is 42.5 Å². The van der Waals surface area contributed by atoms with E-state index >= 15 is 0 Å². The molecule has 0 spiro atoms. The minimum absolute atomic E-state index is 0.118. The van der Waals surface area contributed by atoms with Gasteiger partial charge >= 0.3 is 0 Å². The summed E-state index contributed by atoms with van der Waals surface area (Å²) in [6, 6.07) is 5.92. The summed E-state index contributed by atoms with van der Waals surface area (Å²) in [6.45, 7) is 3.84. The van der Waals surface area contributed by atoms with Gasteiger partial charge in [0.15, 0.2) is 5.13 Å². The molecule has 2 aromatic heterocycles. The van der Waals surface area contributed by atoms with Crippen molar-refractivity contribution in [1.29, 1.82) is 0 Å². The molecule has 1 N–H and O–H groups in total. The van der Waals surface area contributed by atoms with Gasteiger partial charge in [0, 0.05) is 4.88 Å². The number of aromatic nitrogens is 5. The molecule has 10 heteroatoms. The number of nitrogens with zero attached hydrogens (tertiary/aromatic N) is 5. The third-order valence-corrected chi connectivity index (χ3v) is 5.01. The van der Waals surface area contributed by atoms with E-state index in [0.717, 1.165) is 22.3 Å². The molecule has 1 amide bonds. The Morgan fingerprint density at radius 1 is 1.42 bits per heavy atom. The number of hydrogen-bond acceptors (Lipinski definition) is 7. The molecule has 0 radical (unpaired) electrons. The number of carbonyl (C=O) groups is 1. The van der Waals surface area contributed by atoms with Crippen molar-refractivity contribution in [3.05, 3.63) is 40.7 Å². The van der Waals surface area contributed by atoms with E-state index in [1.54, 1.807) is 12.1 Å². The number of rotatable bonds is 5. The number of benzene rings is 1. The molecule has 0 aliphatic heterocycles. The standard InChI is InChI=1S/C14H13FN6OS2/c1-8-9(2)24-13(16-8)17-12(22)7-23-14-18-19-20-21(14)11-5-3-4-10(15)6-11/h3-6H,7H2,1-2H3,(H,16,17,22). The molecule has 0 saturated carbocycles. The molecule has 0 fully saturated rings. The van der Waals surface area contributed by atoms with Crippen LogP contribution in [0.15, 0.2) is 29.4 Å². The number of thioether (sulfide) groups is 1. The third kappa shape index (κ3) is 3.77. The highest BCUT2D eigenvalue weighted by molar-refractivity contribution is 7.99. The first-order valence-corrected chi connectivity index (χ1v) is 8.74. The number of halogens is 1. The molecule has 0 bridgehead atoms. The quantitative estimate of drug-likeness (QED) is 0.701. The Labute approximate surface area is 145 Å². The average Bonchev–Trinajstić information content (AvgIpc) is 3.12. The summed E-state index contributed by atoms with van der Waals surface area (Å²) in [5, 5.41) is 15.0. The topological polar surface area (TPSA) is 85.6 Å². The van der Waals surface area contributed by atoms with Crippen molar-refractivity contribution in [2.45, 2.75) is 19.0 Å². The zero-order chi connectivity index (χ0) is 17.1. The number of carbonyl (C=O) groups excluding carboxylic acids is 1. The van der Waals surface area contributed by atoms with Gasteiger partial charge in [-0.25, -0.2) is 9.37 Å². The Balaban J connectivity index is 1.65. The maximum Gasteiger partial charge on any atom is 0.236 e. The van der Waals surface area contributed by atoms with E-state index in [-0.39, 0.29) is 17.5 Å². The SMILES string of the molecule is Cc1nc(NC(=O)CSc2nnnn2-c2cccc(F)c2)sc1C. The van der Waals surface area contributed by atoms with Gasteiger partial charge in [0.05, 0.1) is 17.1 Å². The monoisotopic (exact) mass is 364 g/mol. The van der Waals surface area contributed by atoms with Crippen LogP contribution in [-0.2, 0) is 4.79 Å². The number of hydrogen-bond donors (Lipinski definition) is 1. The van der Waals surface area contributed by atoms with Gasteiger partial charge in [-0.1, -0.05) is 17.8 Å². The highest BCUT2D eigenvalue weighted by atomic mass is 32.2. The fraction of sp³-hybridized carbons (Fsp3) is 0.214. The molecule has 1 aromatic carbocycles. The molecule has 0 aliphatic carbocycles. The molecule has 7 nitrogen and oxygen atoms in total. The van der Waals surface area contributed by atoms with Gasteiger partial charge < -0.3 is 5.32 Å². The predicted octanol–water partition coefficient (Wildman–Crippen LogP) is 2.61. The summed E-state index contributed by atoms with van der Waals surface area (Å²) < 4.78 is 14.7. The van der Waals surface area contributed by atoms with E-state index in [1.165, 1.54) is 28.2 Å². The van der Waals surface area contributed by atoms with Crippen LogP contribution in [0, 0.1) is 19.7 Å². The molecule has 3 aromatic rings. The Bertz CT molecular complexity index is 858. The number of aryl methyl sites for hydroxylation is 2. The second-order valence-electron chi connectivity index (χ2n) is 4.85. The van der Waals surface area contributed by atoms with E-state index in [0.29, 0.717) is 16.0 Å². The zero-order valence-corrected chi connectivity index (χ0v) is 14.5. The van der Waals surface area contributed by atoms with Crippen molar-refractivity contribution in [3.63, 3.8) is 0 Å². The first-order valence-electron chi connectivity index (χ1n) is 6.94. The average molecular weight is 364 g/mol. The van der Waals surface area contributed by atoms with E-state index in [9.17, 15) is 9.18 Å². The third-order valence-electron chi connectivity index (χ3n) is 3.10. The summed E-state index contributed by atoms with van der Waals surface area (Å²) in [7, 11) is 0. The minimum Gasteiger partial charge on any atom is -0.301 e. The molecule has 0 saturated heterocycles. The van der Waals surface area contributed by atoms with Crippen LogP contribution in [0.2, 0.25) is 0 Å². The van der Waals surface area contributed by atoms with E-state index < -0.39 is 0 Å². The molecular weight excluding hydrogens is 351 g/mol. The summed E-state index contributed by atoms with van der Waals surface area (Å²) in [4.78, 5) is 17.4. The van der Waals surface area contributed by atoms with Crippen molar-refractivity contribution in [3.8, 4) is 5.69 Å². The fourth-order valence-electron chi connectivity index (χ4n) is 1.85. The van der Waals surface area contributed by atoms with Gasteiger partial charge in [0.25, 0.3) is 0 Å². The molecule has 0 atom stereocenters. The van der Waals surface area contributed by atoms with Crippen molar-refractivity contribution < 1.29 is 9.18 Å². The Kier molecular flexibility index (Phi) is 4.86. The second-order valence-corrected chi connectivity index (χ2v) is 7.00. The summed E-state index contributed by atoms with van der Waals surface area (Å²) >= 11 is 2.59. The fourth-order valence-corrected chi connectivity index (χ4v) is 3.37. The minimum atomic E-state index is -0.383. The number of thiazole rings is 1. The summed E-state index contributed by atoms with van der Waals surface area (Å²) in [5.41, 5.74) is 1.40. The number of anilines is 1. The van der Waals surface area contributed by atoms with Gasteiger partial charge in [-0.2, -0.15) is 4.68 Å². The van der Waals surface area contributed by atoms with Gasteiger partial charge in [0.1, 0.15) is 5.82 Å². The van der Waals surface area contributed by atoms with Crippen molar-refractivity contribution >= 4 is 34.1 Å².